The molecule has 1 aromatic rings. The van der Waals surface area contributed by atoms with E-state index >= 15 is 0 Å². The first-order chi connectivity index (χ1) is 7.68. The third kappa shape index (κ3) is 3.07. The predicted molar refractivity (Wildman–Crippen MR) is 65.5 cm³/mol. The second kappa shape index (κ2) is 7.01. The molecule has 0 saturated carbocycles. The van der Waals surface area contributed by atoms with Crippen LogP contribution in [0.5, 0.6) is 0 Å². The van der Waals surface area contributed by atoms with Gasteiger partial charge >= 0.3 is 0 Å². The number of rotatable bonds is 0. The van der Waals surface area contributed by atoms with E-state index in [-0.39, 0.29) is 5.91 Å². The molecule has 1 aliphatic heterocycles. The molecule has 0 bridgehead atoms. The molecule has 1 heterocycles. The number of carbonyl (C=O) groups excluding carboxylic acids is 1. The number of hydrogen-bond acceptors (Lipinski definition) is 2. The van der Waals surface area contributed by atoms with E-state index in [9.17, 15) is 4.79 Å². The van der Waals surface area contributed by atoms with Crippen LogP contribution in [0.2, 0.25) is 0 Å². The maximum atomic E-state index is 11.2. The van der Waals surface area contributed by atoms with Crippen LogP contribution in [-0.2, 0) is 6.54 Å². The first-order valence-electron chi connectivity index (χ1n) is 5.79. The van der Waals surface area contributed by atoms with E-state index in [4.69, 9.17) is 5.21 Å². The van der Waals surface area contributed by atoms with E-state index in [0.29, 0.717) is 12.1 Å². The third-order valence-electron chi connectivity index (χ3n) is 2.05. The summed E-state index contributed by atoms with van der Waals surface area (Å²) in [5, 5.41) is 9.83. The molecule has 90 valence electrons. The molecule has 0 unspecified atom stereocenters. The van der Waals surface area contributed by atoms with Gasteiger partial charge in [0.15, 0.2) is 0 Å². The van der Waals surface area contributed by atoms with Gasteiger partial charge in [-0.05, 0) is 18.6 Å². The summed E-state index contributed by atoms with van der Waals surface area (Å²) in [6.45, 7) is 10.3. The van der Waals surface area contributed by atoms with Crippen molar-refractivity contribution >= 4 is 5.91 Å². The number of fused-ring (bicyclic) bond motifs is 1. The molecule has 1 aliphatic rings. The van der Waals surface area contributed by atoms with Crippen molar-refractivity contribution in [3.05, 3.63) is 34.9 Å². The molecule has 0 spiro atoms. The van der Waals surface area contributed by atoms with Crippen LogP contribution in [0.3, 0.4) is 0 Å². The van der Waals surface area contributed by atoms with Gasteiger partial charge in [-0.2, -0.15) is 0 Å². The van der Waals surface area contributed by atoms with E-state index < -0.39 is 0 Å². The van der Waals surface area contributed by atoms with Crippen molar-refractivity contribution in [3.63, 3.8) is 0 Å². The summed E-state index contributed by atoms with van der Waals surface area (Å²) in [7, 11) is 0. The number of amides is 1. The first kappa shape index (κ1) is 14.6. The molecule has 1 N–H and O–H groups in total. The van der Waals surface area contributed by atoms with Gasteiger partial charge in [-0.3, -0.25) is 10.0 Å². The fourth-order valence-corrected chi connectivity index (χ4v) is 1.43. The number of hydroxylamine groups is 2. The van der Waals surface area contributed by atoms with Crippen LogP contribution in [-0.4, -0.2) is 16.2 Å². The molecule has 0 radical (unpaired) electrons. The van der Waals surface area contributed by atoms with Crippen LogP contribution in [0.25, 0.3) is 0 Å². The molecule has 0 aliphatic carbocycles. The van der Waals surface area contributed by atoms with Gasteiger partial charge in [-0.15, -0.1) is 0 Å². The van der Waals surface area contributed by atoms with Crippen molar-refractivity contribution in [2.45, 2.75) is 41.2 Å². The molecule has 1 aromatic carbocycles. The Kier molecular flexibility index (Phi) is 6.42. The van der Waals surface area contributed by atoms with Crippen LogP contribution < -0.4 is 0 Å². The summed E-state index contributed by atoms with van der Waals surface area (Å²) in [6, 6.07) is 5.54. The zero-order valence-corrected chi connectivity index (χ0v) is 10.7. The minimum Gasteiger partial charge on any atom is -0.285 e. The summed E-state index contributed by atoms with van der Waals surface area (Å²) in [4.78, 5) is 11.2. The van der Waals surface area contributed by atoms with Crippen LogP contribution in [0.1, 0.15) is 49.2 Å². The lowest BCUT2D eigenvalue weighted by Crippen LogP contribution is -2.18. The number of nitrogens with zero attached hydrogens (tertiary/aromatic N) is 1. The maximum absolute atomic E-state index is 11.2. The summed E-state index contributed by atoms with van der Waals surface area (Å²) >= 11 is 0. The summed E-state index contributed by atoms with van der Waals surface area (Å²) in [6.07, 6.45) is 0. The van der Waals surface area contributed by atoms with Crippen LogP contribution in [0.15, 0.2) is 18.2 Å². The van der Waals surface area contributed by atoms with Crippen molar-refractivity contribution in [1.82, 2.24) is 5.06 Å². The Morgan fingerprint density at radius 3 is 2.31 bits per heavy atom. The maximum Gasteiger partial charge on any atom is 0.277 e. The van der Waals surface area contributed by atoms with E-state index in [2.05, 4.69) is 0 Å². The Hall–Kier alpha value is -1.35. The fraction of sp³-hybridized carbons (Fsp3) is 0.462. The highest BCUT2D eigenvalue weighted by atomic mass is 16.5. The van der Waals surface area contributed by atoms with Crippen molar-refractivity contribution < 1.29 is 10.0 Å². The van der Waals surface area contributed by atoms with Crippen molar-refractivity contribution in [2.24, 2.45) is 0 Å². The SMILES string of the molecule is CC.CC.Cc1ccc2c(c1)CN(O)C2=O. The van der Waals surface area contributed by atoms with Crippen molar-refractivity contribution in [3.8, 4) is 0 Å². The van der Waals surface area contributed by atoms with Gasteiger partial charge in [0, 0.05) is 5.56 Å². The van der Waals surface area contributed by atoms with Gasteiger partial charge < -0.3 is 0 Å². The molecule has 0 atom stereocenters. The predicted octanol–water partition coefficient (Wildman–Crippen LogP) is 3.39. The van der Waals surface area contributed by atoms with Crippen molar-refractivity contribution in [1.29, 1.82) is 0 Å². The average molecular weight is 223 g/mol. The van der Waals surface area contributed by atoms with E-state index in [1.807, 2.05) is 46.8 Å². The molecule has 0 aromatic heterocycles. The monoisotopic (exact) mass is 223 g/mol. The van der Waals surface area contributed by atoms with Crippen LogP contribution >= 0.6 is 0 Å². The summed E-state index contributed by atoms with van der Waals surface area (Å²) < 4.78 is 0. The highest BCUT2D eigenvalue weighted by molar-refractivity contribution is 5.97. The Morgan fingerprint density at radius 1 is 1.19 bits per heavy atom. The lowest BCUT2D eigenvalue weighted by molar-refractivity contribution is -0.0579. The number of benzene rings is 1. The van der Waals surface area contributed by atoms with Gasteiger partial charge in [0.05, 0.1) is 6.54 Å². The second-order valence-electron chi connectivity index (χ2n) is 3.02. The number of aryl methyl sites for hydroxylation is 1. The van der Waals surface area contributed by atoms with Crippen LogP contribution in [0, 0.1) is 6.92 Å². The van der Waals surface area contributed by atoms with Gasteiger partial charge in [0.25, 0.3) is 5.91 Å². The Morgan fingerprint density at radius 2 is 1.75 bits per heavy atom. The molecule has 3 heteroatoms. The molecular formula is C13H21NO2. The zero-order valence-electron chi connectivity index (χ0n) is 10.7. The highest BCUT2D eigenvalue weighted by Crippen LogP contribution is 2.21. The third-order valence-corrected chi connectivity index (χ3v) is 2.05. The van der Waals surface area contributed by atoms with Gasteiger partial charge in [0.1, 0.15) is 0 Å². The second-order valence-corrected chi connectivity index (χ2v) is 3.02. The first-order valence-corrected chi connectivity index (χ1v) is 5.79. The molecule has 2 rings (SSSR count). The quantitative estimate of drug-likeness (QED) is 0.685. The Bertz CT molecular complexity index is 348. The van der Waals surface area contributed by atoms with Gasteiger partial charge in [-0.1, -0.05) is 45.4 Å². The van der Waals surface area contributed by atoms with E-state index in [0.717, 1.165) is 16.2 Å². The zero-order chi connectivity index (χ0) is 12.7. The average Bonchev–Trinajstić information content (AvgIpc) is 2.60. The number of hydrogen-bond donors (Lipinski definition) is 1. The standard InChI is InChI=1S/C9H9NO2.2C2H6/c1-6-2-3-8-7(4-6)5-10(12)9(8)11;2*1-2/h2-4,12H,5H2,1H3;2*1-2H3. The Balaban J connectivity index is 0.000000509. The lowest BCUT2D eigenvalue weighted by atomic mass is 10.1. The fourth-order valence-electron chi connectivity index (χ4n) is 1.43. The molecule has 0 saturated heterocycles. The highest BCUT2D eigenvalue weighted by Gasteiger charge is 2.25. The van der Waals surface area contributed by atoms with E-state index in [1.54, 1.807) is 6.07 Å². The largest absolute Gasteiger partial charge is 0.285 e. The van der Waals surface area contributed by atoms with Crippen molar-refractivity contribution in [2.75, 3.05) is 0 Å². The topological polar surface area (TPSA) is 40.5 Å². The molecule has 3 nitrogen and oxygen atoms in total. The van der Waals surface area contributed by atoms with Gasteiger partial charge in [-0.25, -0.2) is 5.06 Å². The summed E-state index contributed by atoms with van der Waals surface area (Å²) in [5.41, 5.74) is 2.63. The molecular weight excluding hydrogens is 202 g/mol. The molecule has 1 amide bonds. The lowest BCUT2D eigenvalue weighted by Gasteiger charge is -2.01. The van der Waals surface area contributed by atoms with Gasteiger partial charge in [0.2, 0.25) is 0 Å². The Labute approximate surface area is 97.7 Å². The molecule has 16 heavy (non-hydrogen) atoms. The number of carbonyl (C=O) groups is 1. The molecule has 0 fully saturated rings. The smallest absolute Gasteiger partial charge is 0.277 e. The summed E-state index contributed by atoms with van der Waals surface area (Å²) in [5.74, 6) is -0.301. The van der Waals surface area contributed by atoms with Crippen LogP contribution in [0.4, 0.5) is 0 Å². The van der Waals surface area contributed by atoms with E-state index in [1.165, 1.54) is 0 Å². The minimum atomic E-state index is -0.301. The minimum absolute atomic E-state index is 0.301. The normalized spacial score (nSPS) is 12.1.